The van der Waals surface area contributed by atoms with E-state index in [1.54, 1.807) is 30.0 Å². The van der Waals surface area contributed by atoms with Crippen molar-refractivity contribution in [3.8, 4) is 5.75 Å². The van der Waals surface area contributed by atoms with E-state index >= 15 is 0 Å². The molecule has 1 aliphatic rings. The Balaban J connectivity index is 2.16. The molecular formula is C11H14N2O2. The van der Waals surface area contributed by atoms with Crippen molar-refractivity contribution in [3.63, 3.8) is 0 Å². The van der Waals surface area contributed by atoms with Crippen molar-refractivity contribution in [2.45, 2.75) is 13.0 Å². The Hall–Kier alpha value is -1.55. The maximum absolute atomic E-state index is 11.8. The van der Waals surface area contributed by atoms with Crippen molar-refractivity contribution in [2.75, 3.05) is 13.1 Å². The third-order valence-corrected chi connectivity index (χ3v) is 2.64. The Morgan fingerprint density at radius 1 is 1.53 bits per heavy atom. The van der Waals surface area contributed by atoms with Crippen molar-refractivity contribution in [1.82, 2.24) is 4.90 Å². The average Bonchev–Trinajstić information content (AvgIpc) is 2.16. The molecule has 1 aromatic rings. The van der Waals surface area contributed by atoms with Crippen LogP contribution in [0.15, 0.2) is 18.2 Å². The Morgan fingerprint density at radius 3 is 2.73 bits per heavy atom. The van der Waals surface area contributed by atoms with Gasteiger partial charge in [0.15, 0.2) is 0 Å². The highest BCUT2D eigenvalue weighted by Gasteiger charge is 2.28. The average molecular weight is 206 g/mol. The molecule has 0 saturated carbocycles. The van der Waals surface area contributed by atoms with Crippen LogP contribution in [0.5, 0.6) is 5.75 Å². The molecule has 15 heavy (non-hydrogen) atoms. The van der Waals surface area contributed by atoms with Gasteiger partial charge in [0.05, 0.1) is 0 Å². The van der Waals surface area contributed by atoms with Crippen LogP contribution in [-0.2, 0) is 0 Å². The monoisotopic (exact) mass is 206 g/mol. The highest BCUT2D eigenvalue weighted by Crippen LogP contribution is 2.19. The van der Waals surface area contributed by atoms with Crippen LogP contribution in [0.25, 0.3) is 0 Å². The topological polar surface area (TPSA) is 66.6 Å². The highest BCUT2D eigenvalue weighted by molar-refractivity contribution is 5.95. The third-order valence-electron chi connectivity index (χ3n) is 2.64. The number of carbonyl (C=O) groups excluding carboxylic acids is 1. The van der Waals surface area contributed by atoms with Crippen molar-refractivity contribution in [2.24, 2.45) is 5.73 Å². The van der Waals surface area contributed by atoms with E-state index in [4.69, 9.17) is 5.73 Å². The number of nitrogens with two attached hydrogens (primary N) is 1. The van der Waals surface area contributed by atoms with Gasteiger partial charge in [-0.2, -0.15) is 0 Å². The fourth-order valence-electron chi connectivity index (χ4n) is 1.65. The number of hydrogen-bond acceptors (Lipinski definition) is 3. The van der Waals surface area contributed by atoms with Gasteiger partial charge >= 0.3 is 0 Å². The van der Waals surface area contributed by atoms with E-state index < -0.39 is 0 Å². The molecule has 4 heteroatoms. The second-order valence-electron chi connectivity index (χ2n) is 3.97. The third kappa shape index (κ3) is 1.80. The largest absolute Gasteiger partial charge is 0.508 e. The Bertz CT molecular complexity index is 398. The van der Waals surface area contributed by atoms with Crippen molar-refractivity contribution >= 4 is 5.91 Å². The molecule has 1 heterocycles. The van der Waals surface area contributed by atoms with Crippen molar-refractivity contribution in [1.29, 1.82) is 0 Å². The standard InChI is InChI=1S/C11H14N2O2/c1-7-4-8(2-3-10(7)14)11(15)13-5-9(12)6-13/h2-4,9,14H,5-6,12H2,1H3. The summed E-state index contributed by atoms with van der Waals surface area (Å²) in [5.41, 5.74) is 6.93. The first-order valence-electron chi connectivity index (χ1n) is 4.92. The molecule has 0 unspecified atom stereocenters. The zero-order valence-corrected chi connectivity index (χ0v) is 8.60. The summed E-state index contributed by atoms with van der Waals surface area (Å²) < 4.78 is 0. The molecule has 1 aliphatic heterocycles. The fraction of sp³-hybridized carbons (Fsp3) is 0.364. The lowest BCUT2D eigenvalue weighted by Gasteiger charge is -2.36. The first-order chi connectivity index (χ1) is 7.08. The normalized spacial score (nSPS) is 16.3. The van der Waals surface area contributed by atoms with Gasteiger partial charge in [0.1, 0.15) is 5.75 Å². The second-order valence-corrected chi connectivity index (χ2v) is 3.97. The van der Waals surface area contributed by atoms with Crippen LogP contribution in [0.1, 0.15) is 15.9 Å². The minimum atomic E-state index is -0.0141. The highest BCUT2D eigenvalue weighted by atomic mass is 16.3. The zero-order chi connectivity index (χ0) is 11.0. The summed E-state index contributed by atoms with van der Waals surface area (Å²) in [7, 11) is 0. The summed E-state index contributed by atoms with van der Waals surface area (Å²) in [5, 5.41) is 9.33. The molecule has 1 saturated heterocycles. The molecule has 4 nitrogen and oxygen atoms in total. The van der Waals surface area contributed by atoms with Crippen molar-refractivity contribution < 1.29 is 9.90 Å². The van der Waals surface area contributed by atoms with Gasteiger partial charge in [0, 0.05) is 24.7 Å². The van der Waals surface area contributed by atoms with E-state index in [0.29, 0.717) is 24.2 Å². The quantitative estimate of drug-likeness (QED) is 0.702. The molecule has 80 valence electrons. The lowest BCUT2D eigenvalue weighted by Crippen LogP contribution is -2.57. The lowest BCUT2D eigenvalue weighted by molar-refractivity contribution is 0.0608. The van der Waals surface area contributed by atoms with Gasteiger partial charge in [0.25, 0.3) is 5.91 Å². The number of benzene rings is 1. The Morgan fingerprint density at radius 2 is 2.20 bits per heavy atom. The molecule has 3 N–H and O–H groups in total. The molecule has 1 fully saturated rings. The second kappa shape index (κ2) is 3.55. The Kier molecular flexibility index (Phi) is 2.36. The SMILES string of the molecule is Cc1cc(C(=O)N2CC(N)C2)ccc1O. The smallest absolute Gasteiger partial charge is 0.253 e. The summed E-state index contributed by atoms with van der Waals surface area (Å²) in [6.07, 6.45) is 0. The summed E-state index contributed by atoms with van der Waals surface area (Å²) in [5.74, 6) is 0.201. The fourth-order valence-corrected chi connectivity index (χ4v) is 1.65. The number of likely N-dealkylation sites (tertiary alicyclic amines) is 1. The van der Waals surface area contributed by atoms with E-state index in [9.17, 15) is 9.90 Å². The van der Waals surface area contributed by atoms with E-state index in [2.05, 4.69) is 0 Å². The van der Waals surface area contributed by atoms with Gasteiger partial charge in [-0.15, -0.1) is 0 Å². The summed E-state index contributed by atoms with van der Waals surface area (Å²) in [6, 6.07) is 4.99. The number of phenols is 1. The van der Waals surface area contributed by atoms with Crippen LogP contribution in [0.4, 0.5) is 0 Å². The maximum Gasteiger partial charge on any atom is 0.253 e. The van der Waals surface area contributed by atoms with Gasteiger partial charge in [-0.1, -0.05) is 0 Å². The number of hydrogen-bond donors (Lipinski definition) is 2. The Labute approximate surface area is 88.3 Å². The van der Waals surface area contributed by atoms with Crippen LogP contribution >= 0.6 is 0 Å². The minimum absolute atomic E-state index is 0.0141. The molecule has 0 atom stereocenters. The molecule has 2 rings (SSSR count). The predicted molar refractivity (Wildman–Crippen MR) is 56.7 cm³/mol. The number of aryl methyl sites for hydroxylation is 1. The number of rotatable bonds is 1. The maximum atomic E-state index is 11.8. The van der Waals surface area contributed by atoms with Crippen LogP contribution in [-0.4, -0.2) is 35.0 Å². The molecule has 0 radical (unpaired) electrons. The molecule has 0 aromatic heterocycles. The minimum Gasteiger partial charge on any atom is -0.508 e. The van der Waals surface area contributed by atoms with Crippen LogP contribution in [0, 0.1) is 6.92 Å². The van der Waals surface area contributed by atoms with Crippen LogP contribution in [0.2, 0.25) is 0 Å². The number of carbonyl (C=O) groups is 1. The van der Waals surface area contributed by atoms with Crippen LogP contribution in [0.3, 0.4) is 0 Å². The lowest BCUT2D eigenvalue weighted by atomic mass is 10.1. The van der Waals surface area contributed by atoms with E-state index in [1.165, 1.54) is 0 Å². The number of amides is 1. The van der Waals surface area contributed by atoms with Gasteiger partial charge in [-0.25, -0.2) is 0 Å². The molecule has 0 spiro atoms. The van der Waals surface area contributed by atoms with Gasteiger partial charge < -0.3 is 15.7 Å². The van der Waals surface area contributed by atoms with Crippen LogP contribution < -0.4 is 5.73 Å². The first kappa shape index (κ1) is 9.98. The summed E-state index contributed by atoms with van der Waals surface area (Å²) in [6.45, 7) is 3.02. The predicted octanol–water partition coefficient (Wildman–Crippen LogP) is 0.484. The number of aromatic hydroxyl groups is 1. The molecular weight excluding hydrogens is 192 g/mol. The van der Waals surface area contributed by atoms with Gasteiger partial charge in [0.2, 0.25) is 0 Å². The van der Waals surface area contributed by atoms with E-state index in [-0.39, 0.29) is 17.7 Å². The zero-order valence-electron chi connectivity index (χ0n) is 8.60. The molecule has 1 aromatic carbocycles. The summed E-state index contributed by atoms with van der Waals surface area (Å²) in [4.78, 5) is 13.5. The van der Waals surface area contributed by atoms with Gasteiger partial charge in [-0.3, -0.25) is 4.79 Å². The van der Waals surface area contributed by atoms with E-state index in [0.717, 1.165) is 0 Å². The summed E-state index contributed by atoms with van der Waals surface area (Å²) >= 11 is 0. The van der Waals surface area contributed by atoms with Crippen molar-refractivity contribution in [3.05, 3.63) is 29.3 Å². The number of phenolic OH excluding ortho intramolecular Hbond substituents is 1. The molecule has 1 amide bonds. The van der Waals surface area contributed by atoms with Gasteiger partial charge in [-0.05, 0) is 30.7 Å². The number of nitrogens with zero attached hydrogens (tertiary/aromatic N) is 1. The molecule has 0 aliphatic carbocycles. The molecule has 0 bridgehead atoms. The first-order valence-corrected chi connectivity index (χ1v) is 4.92. The van der Waals surface area contributed by atoms with E-state index in [1.807, 2.05) is 0 Å².